The average molecular weight is 316 g/mol. The number of aryl methyl sites for hydroxylation is 1. The summed E-state index contributed by atoms with van der Waals surface area (Å²) in [4.78, 5) is 25.6. The molecule has 1 aliphatic rings. The highest BCUT2D eigenvalue weighted by Gasteiger charge is 2.36. The number of ether oxygens (including phenoxy) is 1. The van der Waals surface area contributed by atoms with E-state index in [0.29, 0.717) is 18.7 Å². The highest BCUT2D eigenvalue weighted by molar-refractivity contribution is 5.98. The lowest BCUT2D eigenvalue weighted by molar-refractivity contribution is -0.119. The molecule has 2 aromatic rings. The van der Waals surface area contributed by atoms with Crippen molar-refractivity contribution in [1.29, 1.82) is 0 Å². The summed E-state index contributed by atoms with van der Waals surface area (Å²) in [6.07, 6.45) is 0.0637. The van der Waals surface area contributed by atoms with E-state index in [1.165, 1.54) is 0 Å². The number of hydrogen-bond acceptors (Lipinski definition) is 4. The Bertz CT molecular complexity index is 752. The zero-order valence-electron chi connectivity index (χ0n) is 13.2. The van der Waals surface area contributed by atoms with Crippen molar-refractivity contribution in [3.8, 4) is 0 Å². The van der Waals surface area contributed by atoms with Crippen LogP contribution in [0, 0.1) is 12.8 Å². The third kappa shape index (κ3) is 3.07. The minimum atomic E-state index is -0.373. The van der Waals surface area contributed by atoms with Crippen molar-refractivity contribution in [3.63, 3.8) is 0 Å². The summed E-state index contributed by atoms with van der Waals surface area (Å²) < 4.78 is 10.9. The Morgan fingerprint density at radius 1 is 1.35 bits per heavy atom. The van der Waals surface area contributed by atoms with Crippen LogP contribution in [0.25, 0.3) is 11.0 Å². The molecule has 0 aliphatic carbocycles. The third-order valence-corrected chi connectivity index (χ3v) is 4.32. The van der Waals surface area contributed by atoms with Gasteiger partial charge in [0.05, 0.1) is 6.10 Å². The van der Waals surface area contributed by atoms with E-state index in [4.69, 9.17) is 14.9 Å². The van der Waals surface area contributed by atoms with Crippen LogP contribution in [-0.4, -0.2) is 43.0 Å². The minimum Gasteiger partial charge on any atom is -0.461 e. The van der Waals surface area contributed by atoms with E-state index in [9.17, 15) is 9.59 Å². The van der Waals surface area contributed by atoms with E-state index in [0.717, 1.165) is 16.7 Å². The first-order valence-electron chi connectivity index (χ1n) is 7.58. The van der Waals surface area contributed by atoms with Gasteiger partial charge < -0.3 is 19.8 Å². The fraction of sp³-hybridized carbons (Fsp3) is 0.412. The Hall–Kier alpha value is -2.34. The molecule has 2 atom stereocenters. The predicted molar refractivity (Wildman–Crippen MR) is 85.0 cm³/mol. The Labute approximate surface area is 134 Å². The first-order valence-corrected chi connectivity index (χ1v) is 7.58. The van der Waals surface area contributed by atoms with Crippen LogP contribution < -0.4 is 5.73 Å². The standard InChI is InChI=1S/C17H20N2O4/c1-10-5-12-6-11(3-4-14(12)23-10)17(21)19-8-13(7-16(18)20)15(9-19)22-2/h3-6,13,15H,7-9H2,1-2H3,(H2,18,20)/t13-,15+/m1/s1. The summed E-state index contributed by atoms with van der Waals surface area (Å²) in [5.74, 6) is 0.314. The summed E-state index contributed by atoms with van der Waals surface area (Å²) in [5.41, 5.74) is 6.65. The lowest BCUT2D eigenvalue weighted by atomic mass is 10.0. The smallest absolute Gasteiger partial charge is 0.253 e. The maximum Gasteiger partial charge on any atom is 0.253 e. The van der Waals surface area contributed by atoms with E-state index in [1.807, 2.05) is 19.1 Å². The van der Waals surface area contributed by atoms with Gasteiger partial charge in [0.2, 0.25) is 5.91 Å². The molecule has 6 nitrogen and oxygen atoms in total. The Balaban J connectivity index is 1.80. The molecule has 0 spiro atoms. The number of fused-ring (bicyclic) bond motifs is 1. The monoisotopic (exact) mass is 316 g/mol. The van der Waals surface area contributed by atoms with E-state index >= 15 is 0 Å². The number of benzene rings is 1. The average Bonchev–Trinajstić information content (AvgIpc) is 3.07. The zero-order chi connectivity index (χ0) is 16.6. The van der Waals surface area contributed by atoms with Gasteiger partial charge in [-0.15, -0.1) is 0 Å². The molecule has 1 aromatic carbocycles. The molecule has 2 N–H and O–H groups in total. The summed E-state index contributed by atoms with van der Waals surface area (Å²) in [6.45, 7) is 2.82. The van der Waals surface area contributed by atoms with Crippen LogP contribution in [0.15, 0.2) is 28.7 Å². The Morgan fingerprint density at radius 3 is 2.83 bits per heavy atom. The van der Waals surface area contributed by atoms with Gasteiger partial charge in [0.25, 0.3) is 5.91 Å². The van der Waals surface area contributed by atoms with E-state index in [-0.39, 0.29) is 30.3 Å². The molecule has 2 amide bonds. The van der Waals surface area contributed by atoms with Crippen molar-refractivity contribution in [3.05, 3.63) is 35.6 Å². The van der Waals surface area contributed by atoms with Gasteiger partial charge in [-0.25, -0.2) is 0 Å². The van der Waals surface area contributed by atoms with Gasteiger partial charge in [-0.05, 0) is 31.2 Å². The number of rotatable bonds is 4. The highest BCUT2D eigenvalue weighted by Crippen LogP contribution is 2.26. The number of nitrogens with zero attached hydrogens (tertiary/aromatic N) is 1. The Kier molecular flexibility index (Phi) is 4.09. The molecule has 23 heavy (non-hydrogen) atoms. The second kappa shape index (κ2) is 6.04. The number of carbonyl (C=O) groups excluding carboxylic acids is 2. The lowest BCUT2D eigenvalue weighted by Crippen LogP contribution is -2.29. The van der Waals surface area contributed by atoms with Gasteiger partial charge in [-0.2, -0.15) is 0 Å². The molecule has 1 fully saturated rings. The second-order valence-corrected chi connectivity index (χ2v) is 6.02. The molecule has 0 unspecified atom stereocenters. The van der Waals surface area contributed by atoms with Gasteiger partial charge in [0, 0.05) is 43.5 Å². The van der Waals surface area contributed by atoms with E-state index < -0.39 is 0 Å². The van der Waals surface area contributed by atoms with Crippen LogP contribution in [0.1, 0.15) is 22.5 Å². The van der Waals surface area contributed by atoms with Gasteiger partial charge in [0.1, 0.15) is 11.3 Å². The largest absolute Gasteiger partial charge is 0.461 e. The second-order valence-electron chi connectivity index (χ2n) is 6.02. The molecule has 0 bridgehead atoms. The first kappa shape index (κ1) is 15.6. The summed E-state index contributed by atoms with van der Waals surface area (Å²) >= 11 is 0. The molecule has 3 rings (SSSR count). The quantitative estimate of drug-likeness (QED) is 0.930. The Morgan fingerprint density at radius 2 is 2.13 bits per heavy atom. The van der Waals surface area contributed by atoms with Crippen LogP contribution in [0.3, 0.4) is 0 Å². The molecule has 0 saturated carbocycles. The fourth-order valence-electron chi connectivity index (χ4n) is 3.22. The highest BCUT2D eigenvalue weighted by atomic mass is 16.5. The molecule has 1 saturated heterocycles. The maximum absolute atomic E-state index is 12.7. The summed E-state index contributed by atoms with van der Waals surface area (Å²) in [5, 5.41) is 0.907. The lowest BCUT2D eigenvalue weighted by Gasteiger charge is -2.16. The van der Waals surface area contributed by atoms with Gasteiger partial charge >= 0.3 is 0 Å². The summed E-state index contributed by atoms with van der Waals surface area (Å²) in [6, 6.07) is 7.30. The van der Waals surface area contributed by atoms with Crippen LogP contribution in [0.5, 0.6) is 0 Å². The number of carbonyl (C=O) groups is 2. The van der Waals surface area contributed by atoms with Crippen molar-refractivity contribution in [2.45, 2.75) is 19.4 Å². The van der Waals surface area contributed by atoms with Crippen LogP contribution in [-0.2, 0) is 9.53 Å². The zero-order valence-corrected chi connectivity index (χ0v) is 13.2. The van der Waals surface area contributed by atoms with E-state index in [1.54, 1.807) is 24.1 Å². The van der Waals surface area contributed by atoms with Crippen molar-refractivity contribution < 1.29 is 18.7 Å². The first-order chi connectivity index (χ1) is 11.0. The van der Waals surface area contributed by atoms with Gasteiger partial charge in [0.15, 0.2) is 0 Å². The molecule has 0 radical (unpaired) electrons. The number of methoxy groups -OCH3 is 1. The molecular formula is C17H20N2O4. The molecular weight excluding hydrogens is 296 g/mol. The van der Waals surface area contributed by atoms with Gasteiger partial charge in [-0.1, -0.05) is 0 Å². The van der Waals surface area contributed by atoms with Crippen LogP contribution in [0.2, 0.25) is 0 Å². The molecule has 6 heteroatoms. The van der Waals surface area contributed by atoms with Crippen molar-refractivity contribution >= 4 is 22.8 Å². The number of likely N-dealkylation sites (tertiary alicyclic amines) is 1. The van der Waals surface area contributed by atoms with Crippen molar-refractivity contribution in [2.75, 3.05) is 20.2 Å². The SMILES string of the molecule is CO[C@H]1CN(C(=O)c2ccc3oc(C)cc3c2)C[C@H]1CC(N)=O. The van der Waals surface area contributed by atoms with E-state index in [2.05, 4.69) is 0 Å². The minimum absolute atomic E-state index is 0.0543. The number of furan rings is 1. The van der Waals surface area contributed by atoms with Crippen LogP contribution in [0.4, 0.5) is 0 Å². The van der Waals surface area contributed by atoms with Crippen molar-refractivity contribution in [2.24, 2.45) is 11.7 Å². The fourth-order valence-corrected chi connectivity index (χ4v) is 3.22. The number of nitrogens with two attached hydrogens (primary N) is 1. The third-order valence-electron chi connectivity index (χ3n) is 4.32. The maximum atomic E-state index is 12.7. The molecule has 122 valence electrons. The number of amides is 2. The normalized spacial score (nSPS) is 21.0. The number of primary amides is 1. The van der Waals surface area contributed by atoms with Gasteiger partial charge in [-0.3, -0.25) is 9.59 Å². The summed E-state index contributed by atoms with van der Waals surface area (Å²) in [7, 11) is 1.59. The number of hydrogen-bond donors (Lipinski definition) is 1. The molecule has 1 aliphatic heterocycles. The molecule has 1 aromatic heterocycles. The topological polar surface area (TPSA) is 85.8 Å². The predicted octanol–water partition coefficient (Wildman–Crippen LogP) is 1.70. The van der Waals surface area contributed by atoms with Crippen molar-refractivity contribution in [1.82, 2.24) is 4.90 Å². The molecule has 2 heterocycles. The van der Waals surface area contributed by atoms with Crippen LogP contribution >= 0.6 is 0 Å².